The van der Waals surface area contributed by atoms with Gasteiger partial charge >= 0.3 is 0 Å². The van der Waals surface area contributed by atoms with Crippen molar-refractivity contribution in [2.24, 2.45) is 0 Å². The molecule has 1 fully saturated rings. The van der Waals surface area contributed by atoms with Gasteiger partial charge in [0.2, 0.25) is 10.0 Å². The van der Waals surface area contributed by atoms with Crippen molar-refractivity contribution in [2.75, 3.05) is 26.3 Å². The summed E-state index contributed by atoms with van der Waals surface area (Å²) in [5.41, 5.74) is -0.522. The van der Waals surface area contributed by atoms with Crippen LogP contribution in [0.5, 0.6) is 0 Å². The summed E-state index contributed by atoms with van der Waals surface area (Å²) in [6.07, 6.45) is 2.24. The highest BCUT2D eigenvalue weighted by Crippen LogP contribution is 2.22. The fraction of sp³-hybridized carbons (Fsp3) is 0.583. The number of nitrogens with zero attached hydrogens (tertiary/aromatic N) is 1. The minimum atomic E-state index is -3.67. The van der Waals surface area contributed by atoms with E-state index in [1.165, 1.54) is 4.31 Å². The molecule has 0 atom stereocenters. The third kappa shape index (κ3) is 3.83. The van der Waals surface area contributed by atoms with Gasteiger partial charge in [0.15, 0.2) is 0 Å². The van der Waals surface area contributed by atoms with Crippen molar-refractivity contribution in [1.29, 1.82) is 0 Å². The highest BCUT2D eigenvalue weighted by Gasteiger charge is 2.30. The number of halogens is 1. The smallest absolute Gasteiger partial charge is 0.266 e. The molecule has 0 saturated carbocycles. The molecule has 9 heteroatoms. The molecule has 1 aromatic rings. The molecule has 0 bridgehead atoms. The lowest BCUT2D eigenvalue weighted by molar-refractivity contribution is 0.00318. The van der Waals surface area contributed by atoms with Crippen molar-refractivity contribution in [3.8, 4) is 0 Å². The molecule has 0 aliphatic carbocycles. The SMILES string of the molecule is O=c1[nH]cc(S(=O)(=O)N2CCC(OCCO)CC2)cc1Cl. The van der Waals surface area contributed by atoms with Crippen molar-refractivity contribution >= 4 is 21.6 Å². The summed E-state index contributed by atoms with van der Waals surface area (Å²) in [4.78, 5) is 13.5. The number of aliphatic hydroxyl groups is 1. The van der Waals surface area contributed by atoms with E-state index in [0.717, 1.165) is 12.3 Å². The highest BCUT2D eigenvalue weighted by molar-refractivity contribution is 7.89. The molecular weight excluding hydrogens is 320 g/mol. The zero-order valence-corrected chi connectivity index (χ0v) is 12.9. The van der Waals surface area contributed by atoms with Gasteiger partial charge in [-0.3, -0.25) is 4.79 Å². The van der Waals surface area contributed by atoms with E-state index < -0.39 is 15.6 Å². The maximum absolute atomic E-state index is 12.4. The molecule has 2 N–H and O–H groups in total. The predicted molar refractivity (Wildman–Crippen MR) is 76.9 cm³/mol. The average Bonchev–Trinajstić information content (AvgIpc) is 2.48. The van der Waals surface area contributed by atoms with Crippen LogP contribution in [0.3, 0.4) is 0 Å². The van der Waals surface area contributed by atoms with Crippen LogP contribution in [-0.4, -0.2) is 55.2 Å². The van der Waals surface area contributed by atoms with Gasteiger partial charge in [0, 0.05) is 19.3 Å². The molecule has 118 valence electrons. The van der Waals surface area contributed by atoms with E-state index in [2.05, 4.69) is 4.98 Å². The van der Waals surface area contributed by atoms with Crippen molar-refractivity contribution < 1.29 is 18.3 Å². The second-order valence-electron chi connectivity index (χ2n) is 4.71. The molecule has 0 spiro atoms. The zero-order chi connectivity index (χ0) is 15.5. The van der Waals surface area contributed by atoms with Gasteiger partial charge in [-0.1, -0.05) is 11.6 Å². The number of hydrogen-bond donors (Lipinski definition) is 2. The average molecular weight is 337 g/mol. The van der Waals surface area contributed by atoms with Gasteiger partial charge in [-0.2, -0.15) is 4.31 Å². The molecular formula is C12H17ClN2O5S. The Balaban J connectivity index is 2.07. The number of aromatic nitrogens is 1. The number of H-pyrrole nitrogens is 1. The first-order valence-electron chi connectivity index (χ1n) is 6.56. The van der Waals surface area contributed by atoms with E-state index in [1.54, 1.807) is 0 Å². The minimum Gasteiger partial charge on any atom is -0.394 e. The molecule has 1 aliphatic rings. The molecule has 2 rings (SSSR count). The van der Waals surface area contributed by atoms with Crippen molar-refractivity contribution in [3.05, 3.63) is 27.6 Å². The first-order chi connectivity index (χ1) is 9.95. The molecule has 0 unspecified atom stereocenters. The number of aliphatic hydroxyl groups excluding tert-OH is 1. The number of piperidine rings is 1. The molecule has 0 radical (unpaired) electrons. The lowest BCUT2D eigenvalue weighted by Gasteiger charge is -2.31. The highest BCUT2D eigenvalue weighted by atomic mass is 35.5. The van der Waals surface area contributed by atoms with Gasteiger partial charge in [-0.15, -0.1) is 0 Å². The predicted octanol–water partition coefficient (Wildman–Crippen LogP) is 0.190. The fourth-order valence-corrected chi connectivity index (χ4v) is 3.90. The summed E-state index contributed by atoms with van der Waals surface area (Å²) in [5.74, 6) is 0. The summed E-state index contributed by atoms with van der Waals surface area (Å²) in [5, 5.41) is 8.55. The Hall–Kier alpha value is -0.930. The summed E-state index contributed by atoms with van der Waals surface area (Å²) < 4.78 is 31.6. The van der Waals surface area contributed by atoms with Crippen LogP contribution >= 0.6 is 11.6 Å². The van der Waals surface area contributed by atoms with Crippen LogP contribution in [0.25, 0.3) is 0 Å². The Labute approximate surface area is 127 Å². The number of aromatic amines is 1. The van der Waals surface area contributed by atoms with E-state index >= 15 is 0 Å². The fourth-order valence-electron chi connectivity index (χ4n) is 2.19. The van der Waals surface area contributed by atoms with Crippen LogP contribution in [0.1, 0.15) is 12.8 Å². The van der Waals surface area contributed by atoms with Gasteiger partial charge in [0.1, 0.15) is 5.02 Å². The molecule has 1 saturated heterocycles. The molecule has 0 amide bonds. The Kier molecular flexibility index (Phi) is 5.39. The number of pyridine rings is 1. The number of sulfonamides is 1. The number of rotatable bonds is 5. The van der Waals surface area contributed by atoms with Crippen molar-refractivity contribution in [3.63, 3.8) is 0 Å². The van der Waals surface area contributed by atoms with Gasteiger partial charge in [0.25, 0.3) is 5.56 Å². The van der Waals surface area contributed by atoms with Crippen LogP contribution in [0.15, 0.2) is 22.0 Å². The quantitative estimate of drug-likeness (QED) is 0.799. The molecule has 2 heterocycles. The number of hydrogen-bond acceptors (Lipinski definition) is 5. The van der Waals surface area contributed by atoms with E-state index in [0.29, 0.717) is 25.9 Å². The molecule has 1 aromatic heterocycles. The van der Waals surface area contributed by atoms with Crippen LogP contribution < -0.4 is 5.56 Å². The third-order valence-corrected chi connectivity index (χ3v) is 5.47. The van der Waals surface area contributed by atoms with Crippen LogP contribution in [-0.2, 0) is 14.8 Å². The normalized spacial score (nSPS) is 18.0. The van der Waals surface area contributed by atoms with E-state index in [4.69, 9.17) is 21.4 Å². The van der Waals surface area contributed by atoms with Crippen molar-refractivity contribution in [1.82, 2.24) is 9.29 Å². The number of ether oxygens (including phenoxy) is 1. The maximum atomic E-state index is 12.4. The first-order valence-corrected chi connectivity index (χ1v) is 8.38. The monoisotopic (exact) mass is 336 g/mol. The Morgan fingerprint density at radius 3 is 2.67 bits per heavy atom. The van der Waals surface area contributed by atoms with Crippen LogP contribution in [0.4, 0.5) is 0 Å². The van der Waals surface area contributed by atoms with Crippen molar-refractivity contribution in [2.45, 2.75) is 23.8 Å². The second kappa shape index (κ2) is 6.89. The van der Waals surface area contributed by atoms with E-state index in [1.807, 2.05) is 0 Å². The Morgan fingerprint density at radius 2 is 2.10 bits per heavy atom. The number of nitrogens with one attached hydrogen (secondary N) is 1. The van der Waals surface area contributed by atoms with Gasteiger partial charge in [-0.25, -0.2) is 8.42 Å². The zero-order valence-electron chi connectivity index (χ0n) is 11.3. The molecule has 1 aliphatic heterocycles. The Bertz CT molecular complexity index is 637. The summed E-state index contributed by atoms with van der Waals surface area (Å²) in [7, 11) is -3.67. The maximum Gasteiger partial charge on any atom is 0.266 e. The van der Waals surface area contributed by atoms with Crippen LogP contribution in [0.2, 0.25) is 5.02 Å². The lowest BCUT2D eigenvalue weighted by Crippen LogP contribution is -2.41. The van der Waals surface area contributed by atoms with Gasteiger partial charge < -0.3 is 14.8 Å². The molecule has 7 nitrogen and oxygen atoms in total. The second-order valence-corrected chi connectivity index (χ2v) is 7.06. The molecule has 0 aromatic carbocycles. The third-order valence-electron chi connectivity index (χ3n) is 3.31. The standard InChI is InChI=1S/C12H17ClN2O5S/c13-11-7-10(8-14-12(11)17)21(18,19)15-3-1-9(2-4-15)20-6-5-16/h7-9,16H,1-6H2,(H,14,17). The lowest BCUT2D eigenvalue weighted by atomic mass is 10.1. The largest absolute Gasteiger partial charge is 0.394 e. The topological polar surface area (TPSA) is 99.7 Å². The first kappa shape index (κ1) is 16.4. The van der Waals surface area contributed by atoms with E-state index in [9.17, 15) is 13.2 Å². The van der Waals surface area contributed by atoms with Crippen LogP contribution in [0, 0.1) is 0 Å². The summed E-state index contributed by atoms with van der Waals surface area (Å²) in [6.45, 7) is 0.867. The van der Waals surface area contributed by atoms with E-state index in [-0.39, 0.29) is 29.2 Å². The Morgan fingerprint density at radius 1 is 1.43 bits per heavy atom. The minimum absolute atomic E-state index is 0.0261. The van der Waals surface area contributed by atoms with Gasteiger partial charge in [-0.05, 0) is 18.9 Å². The summed E-state index contributed by atoms with van der Waals surface area (Å²) >= 11 is 5.67. The molecule has 21 heavy (non-hydrogen) atoms. The summed E-state index contributed by atoms with van der Waals surface area (Å²) in [6, 6.07) is 1.16. The van der Waals surface area contributed by atoms with Gasteiger partial charge in [0.05, 0.1) is 24.2 Å².